The number of carbonyl (C=O) groups is 2. The molecule has 0 aliphatic rings. The number of carboxylic acids is 1. The van der Waals surface area contributed by atoms with Gasteiger partial charge in [-0.15, -0.1) is 0 Å². The molecule has 0 saturated carbocycles. The van der Waals surface area contributed by atoms with Gasteiger partial charge in [-0.3, -0.25) is 9.59 Å². The summed E-state index contributed by atoms with van der Waals surface area (Å²) in [5, 5.41) is 8.86. The lowest BCUT2D eigenvalue weighted by Crippen LogP contribution is -2.40. The molecule has 6 heteroatoms. The molecular weight excluding hydrogens is 263 g/mol. The molecule has 0 bridgehead atoms. The van der Waals surface area contributed by atoms with Gasteiger partial charge in [0.15, 0.2) is 0 Å². The molecular formula is C14H19FN2O3. The number of hydrogen-bond acceptors (Lipinski definition) is 3. The molecule has 0 atom stereocenters. The van der Waals surface area contributed by atoms with Crippen molar-refractivity contribution in [1.29, 1.82) is 0 Å². The number of likely N-dealkylation sites (N-methyl/N-ethyl adjacent to an activating group) is 1. The van der Waals surface area contributed by atoms with Crippen molar-refractivity contribution < 1.29 is 19.1 Å². The summed E-state index contributed by atoms with van der Waals surface area (Å²) in [5.41, 5.74) is 0.604. The lowest BCUT2D eigenvalue weighted by Gasteiger charge is -2.22. The van der Waals surface area contributed by atoms with E-state index in [2.05, 4.69) is 0 Å². The topological polar surface area (TPSA) is 60.9 Å². The molecule has 1 rings (SSSR count). The Bertz CT molecular complexity index is 503. The van der Waals surface area contributed by atoms with E-state index >= 15 is 0 Å². The molecule has 20 heavy (non-hydrogen) atoms. The number of nitrogens with zero attached hydrogens (tertiary/aromatic N) is 2. The van der Waals surface area contributed by atoms with E-state index in [1.165, 1.54) is 17.0 Å². The maximum Gasteiger partial charge on any atom is 0.323 e. The number of aryl methyl sites for hydroxylation is 1. The normalized spacial score (nSPS) is 10.7. The second kappa shape index (κ2) is 7.00. The van der Waals surface area contributed by atoms with Crippen LogP contribution in [0, 0.1) is 12.7 Å². The number of aliphatic carboxylic acids is 1. The van der Waals surface area contributed by atoms with Crippen LogP contribution in [0.1, 0.15) is 15.9 Å². The summed E-state index contributed by atoms with van der Waals surface area (Å²) in [4.78, 5) is 26.1. The Kier molecular flexibility index (Phi) is 5.64. The molecule has 1 N–H and O–H groups in total. The van der Waals surface area contributed by atoms with Crippen LogP contribution in [0.2, 0.25) is 0 Å². The van der Waals surface area contributed by atoms with E-state index < -0.39 is 24.2 Å². The van der Waals surface area contributed by atoms with E-state index in [0.717, 1.165) is 6.07 Å². The highest BCUT2D eigenvalue weighted by molar-refractivity contribution is 5.95. The van der Waals surface area contributed by atoms with Gasteiger partial charge in [0.1, 0.15) is 12.4 Å². The minimum atomic E-state index is -1.09. The number of hydrogen-bond donors (Lipinski definition) is 1. The van der Waals surface area contributed by atoms with Gasteiger partial charge in [0, 0.05) is 18.7 Å². The third-order valence-electron chi connectivity index (χ3n) is 2.85. The molecule has 0 spiro atoms. The first-order valence-electron chi connectivity index (χ1n) is 6.23. The minimum absolute atomic E-state index is 0.160. The highest BCUT2D eigenvalue weighted by Crippen LogP contribution is 2.11. The van der Waals surface area contributed by atoms with Gasteiger partial charge in [0.05, 0.1) is 0 Å². The molecule has 1 aromatic carbocycles. The molecule has 5 nitrogen and oxygen atoms in total. The van der Waals surface area contributed by atoms with E-state index in [9.17, 15) is 14.0 Å². The van der Waals surface area contributed by atoms with E-state index in [4.69, 9.17) is 5.11 Å². The number of rotatable bonds is 6. The quantitative estimate of drug-likeness (QED) is 0.852. The van der Waals surface area contributed by atoms with Gasteiger partial charge in [-0.25, -0.2) is 4.39 Å². The van der Waals surface area contributed by atoms with Crippen LogP contribution < -0.4 is 0 Å². The van der Waals surface area contributed by atoms with Crippen LogP contribution in [-0.4, -0.2) is 60.5 Å². The first kappa shape index (κ1) is 16.1. The van der Waals surface area contributed by atoms with Gasteiger partial charge in [-0.2, -0.15) is 0 Å². The van der Waals surface area contributed by atoms with Crippen molar-refractivity contribution in [2.45, 2.75) is 6.92 Å². The first-order chi connectivity index (χ1) is 9.31. The SMILES string of the molecule is Cc1ccc(C(=O)N(CCN(C)C)CC(=O)O)cc1F. The highest BCUT2D eigenvalue weighted by Gasteiger charge is 2.19. The largest absolute Gasteiger partial charge is 0.480 e. The Morgan fingerprint density at radius 1 is 1.25 bits per heavy atom. The monoisotopic (exact) mass is 282 g/mol. The summed E-state index contributed by atoms with van der Waals surface area (Å²) in [7, 11) is 3.66. The van der Waals surface area contributed by atoms with Crippen molar-refractivity contribution in [2.24, 2.45) is 0 Å². The zero-order chi connectivity index (χ0) is 15.3. The lowest BCUT2D eigenvalue weighted by molar-refractivity contribution is -0.137. The first-order valence-corrected chi connectivity index (χ1v) is 6.23. The molecule has 1 aromatic rings. The number of benzene rings is 1. The molecule has 0 aromatic heterocycles. The second-order valence-corrected chi connectivity index (χ2v) is 4.89. The summed E-state index contributed by atoms with van der Waals surface area (Å²) in [5.74, 6) is -2.04. The van der Waals surface area contributed by atoms with E-state index in [1.54, 1.807) is 6.92 Å². The molecule has 0 radical (unpaired) electrons. The maximum atomic E-state index is 13.5. The molecule has 0 aliphatic carbocycles. The van der Waals surface area contributed by atoms with Gasteiger partial charge < -0.3 is 14.9 Å². The Morgan fingerprint density at radius 3 is 2.40 bits per heavy atom. The van der Waals surface area contributed by atoms with Crippen molar-refractivity contribution in [3.05, 3.63) is 35.1 Å². The zero-order valence-electron chi connectivity index (χ0n) is 11.9. The molecule has 0 fully saturated rings. The van der Waals surface area contributed by atoms with Gasteiger partial charge in [0.2, 0.25) is 0 Å². The molecule has 0 heterocycles. The van der Waals surface area contributed by atoms with Crippen molar-refractivity contribution in [3.8, 4) is 0 Å². The van der Waals surface area contributed by atoms with Crippen LogP contribution in [0.15, 0.2) is 18.2 Å². The van der Waals surface area contributed by atoms with Crippen LogP contribution in [0.4, 0.5) is 4.39 Å². The fourth-order valence-corrected chi connectivity index (χ4v) is 1.64. The van der Waals surface area contributed by atoms with E-state index in [0.29, 0.717) is 12.1 Å². The second-order valence-electron chi connectivity index (χ2n) is 4.89. The van der Waals surface area contributed by atoms with Crippen LogP contribution in [0.25, 0.3) is 0 Å². The van der Waals surface area contributed by atoms with Gasteiger partial charge in [-0.1, -0.05) is 6.07 Å². The average molecular weight is 282 g/mol. The van der Waals surface area contributed by atoms with Crippen molar-refractivity contribution >= 4 is 11.9 Å². The van der Waals surface area contributed by atoms with Crippen LogP contribution in [0.3, 0.4) is 0 Å². The molecule has 0 aliphatic heterocycles. The lowest BCUT2D eigenvalue weighted by atomic mass is 10.1. The number of halogens is 1. The summed E-state index contributed by atoms with van der Waals surface area (Å²) >= 11 is 0. The van der Waals surface area contributed by atoms with Crippen molar-refractivity contribution in [2.75, 3.05) is 33.7 Å². The summed E-state index contributed by atoms with van der Waals surface area (Å²) in [6.45, 7) is 2.01. The third kappa shape index (κ3) is 4.62. The third-order valence-corrected chi connectivity index (χ3v) is 2.85. The molecule has 1 amide bonds. The Hall–Kier alpha value is -1.95. The number of amides is 1. The van der Waals surface area contributed by atoms with Crippen LogP contribution >= 0.6 is 0 Å². The van der Waals surface area contributed by atoms with Crippen molar-refractivity contribution in [3.63, 3.8) is 0 Å². The molecule has 110 valence electrons. The zero-order valence-corrected chi connectivity index (χ0v) is 11.9. The van der Waals surface area contributed by atoms with Gasteiger partial charge >= 0.3 is 5.97 Å². The Balaban J connectivity index is 2.90. The molecule has 0 unspecified atom stereocenters. The van der Waals surface area contributed by atoms with E-state index in [-0.39, 0.29) is 12.1 Å². The predicted octanol–water partition coefficient (Wildman–Crippen LogP) is 1.22. The fraction of sp³-hybridized carbons (Fsp3) is 0.429. The Morgan fingerprint density at radius 2 is 1.90 bits per heavy atom. The minimum Gasteiger partial charge on any atom is -0.480 e. The molecule has 0 saturated heterocycles. The standard InChI is InChI=1S/C14H19FN2O3/c1-10-4-5-11(8-12(10)15)14(20)17(9-13(18)19)7-6-16(2)3/h4-5,8H,6-7,9H2,1-3H3,(H,18,19). The smallest absolute Gasteiger partial charge is 0.323 e. The number of carboxylic acid groups (broad SMARTS) is 1. The predicted molar refractivity (Wildman–Crippen MR) is 73.2 cm³/mol. The average Bonchev–Trinajstić information content (AvgIpc) is 2.36. The summed E-state index contributed by atoms with van der Waals surface area (Å²) < 4.78 is 13.5. The van der Waals surface area contributed by atoms with Gasteiger partial charge in [0.25, 0.3) is 5.91 Å². The summed E-state index contributed by atoms with van der Waals surface area (Å²) in [6.07, 6.45) is 0. The number of carbonyl (C=O) groups excluding carboxylic acids is 1. The fourth-order valence-electron chi connectivity index (χ4n) is 1.64. The van der Waals surface area contributed by atoms with Gasteiger partial charge in [-0.05, 0) is 38.7 Å². The van der Waals surface area contributed by atoms with E-state index in [1.807, 2.05) is 19.0 Å². The highest BCUT2D eigenvalue weighted by atomic mass is 19.1. The maximum absolute atomic E-state index is 13.5. The summed E-state index contributed by atoms with van der Waals surface area (Å²) in [6, 6.07) is 4.15. The van der Waals surface area contributed by atoms with Crippen molar-refractivity contribution in [1.82, 2.24) is 9.80 Å². The Labute approximate surface area is 117 Å². The van der Waals surface area contributed by atoms with Crippen LogP contribution in [0.5, 0.6) is 0 Å². The van der Waals surface area contributed by atoms with Crippen LogP contribution in [-0.2, 0) is 4.79 Å².